The molecule has 0 aliphatic heterocycles. The van der Waals surface area contributed by atoms with Crippen LogP contribution in [0.3, 0.4) is 0 Å². The first-order valence-electron chi connectivity index (χ1n) is 7.60. The third-order valence-corrected chi connectivity index (χ3v) is 4.20. The standard InChI is InChI=1S/C16H30O2/c1-11(2)6-8-13(4)16(17)18-15-9-7-12(3)10-14(15)5/h11-15H,6-10H2,1-5H3. The van der Waals surface area contributed by atoms with Crippen molar-refractivity contribution in [1.29, 1.82) is 0 Å². The Balaban J connectivity index is 2.34. The van der Waals surface area contributed by atoms with E-state index in [2.05, 4.69) is 27.7 Å². The van der Waals surface area contributed by atoms with E-state index < -0.39 is 0 Å². The molecular formula is C16H30O2. The average molecular weight is 254 g/mol. The smallest absolute Gasteiger partial charge is 0.308 e. The quantitative estimate of drug-likeness (QED) is 0.679. The minimum atomic E-state index is 0.0158. The van der Waals surface area contributed by atoms with Crippen LogP contribution in [0.2, 0.25) is 0 Å². The Morgan fingerprint density at radius 1 is 1.17 bits per heavy atom. The van der Waals surface area contributed by atoms with E-state index in [1.807, 2.05) is 6.92 Å². The highest BCUT2D eigenvalue weighted by molar-refractivity contribution is 5.72. The van der Waals surface area contributed by atoms with Crippen LogP contribution in [-0.2, 0) is 9.53 Å². The molecule has 1 saturated carbocycles. The van der Waals surface area contributed by atoms with Gasteiger partial charge < -0.3 is 4.74 Å². The highest BCUT2D eigenvalue weighted by Gasteiger charge is 2.29. The molecule has 0 amide bonds. The topological polar surface area (TPSA) is 26.3 Å². The fourth-order valence-corrected chi connectivity index (χ4v) is 2.78. The maximum absolute atomic E-state index is 12.0. The molecule has 2 heteroatoms. The minimum Gasteiger partial charge on any atom is -0.462 e. The first kappa shape index (κ1) is 15.5. The van der Waals surface area contributed by atoms with Gasteiger partial charge in [-0.3, -0.25) is 4.79 Å². The Morgan fingerprint density at radius 2 is 1.83 bits per heavy atom. The highest BCUT2D eigenvalue weighted by atomic mass is 16.5. The van der Waals surface area contributed by atoms with Crippen molar-refractivity contribution >= 4 is 5.97 Å². The van der Waals surface area contributed by atoms with Gasteiger partial charge >= 0.3 is 5.97 Å². The zero-order chi connectivity index (χ0) is 13.7. The molecule has 0 N–H and O–H groups in total. The molecule has 18 heavy (non-hydrogen) atoms. The number of esters is 1. The lowest BCUT2D eigenvalue weighted by Gasteiger charge is -2.32. The van der Waals surface area contributed by atoms with E-state index in [9.17, 15) is 4.79 Å². The van der Waals surface area contributed by atoms with Gasteiger partial charge in [-0.2, -0.15) is 0 Å². The summed E-state index contributed by atoms with van der Waals surface area (Å²) in [5.41, 5.74) is 0. The highest BCUT2D eigenvalue weighted by Crippen LogP contribution is 2.31. The number of rotatable bonds is 5. The van der Waals surface area contributed by atoms with Crippen molar-refractivity contribution in [3.63, 3.8) is 0 Å². The third-order valence-electron chi connectivity index (χ3n) is 4.20. The van der Waals surface area contributed by atoms with Crippen molar-refractivity contribution in [2.24, 2.45) is 23.7 Å². The predicted molar refractivity (Wildman–Crippen MR) is 75.3 cm³/mol. The van der Waals surface area contributed by atoms with E-state index in [-0.39, 0.29) is 18.0 Å². The molecule has 0 radical (unpaired) electrons. The van der Waals surface area contributed by atoms with Crippen LogP contribution in [0.5, 0.6) is 0 Å². The summed E-state index contributed by atoms with van der Waals surface area (Å²) in [6.45, 7) is 10.9. The molecule has 106 valence electrons. The predicted octanol–water partition coefficient (Wildman–Crippen LogP) is 4.43. The van der Waals surface area contributed by atoms with Crippen LogP contribution in [-0.4, -0.2) is 12.1 Å². The summed E-state index contributed by atoms with van der Waals surface area (Å²) in [4.78, 5) is 12.0. The van der Waals surface area contributed by atoms with Crippen molar-refractivity contribution < 1.29 is 9.53 Å². The Bertz CT molecular complexity index is 260. The molecule has 0 spiro atoms. The van der Waals surface area contributed by atoms with Crippen molar-refractivity contribution in [2.45, 2.75) is 72.8 Å². The van der Waals surface area contributed by atoms with Gasteiger partial charge in [0, 0.05) is 0 Å². The van der Waals surface area contributed by atoms with Crippen molar-refractivity contribution in [1.82, 2.24) is 0 Å². The molecule has 1 rings (SSSR count). The van der Waals surface area contributed by atoms with Gasteiger partial charge in [0.1, 0.15) is 6.10 Å². The summed E-state index contributed by atoms with van der Waals surface area (Å²) >= 11 is 0. The van der Waals surface area contributed by atoms with E-state index >= 15 is 0 Å². The summed E-state index contributed by atoms with van der Waals surface area (Å²) in [6.07, 6.45) is 5.66. The molecule has 0 aromatic carbocycles. The van der Waals surface area contributed by atoms with Gasteiger partial charge in [-0.15, -0.1) is 0 Å². The van der Waals surface area contributed by atoms with E-state index in [1.54, 1.807) is 0 Å². The van der Waals surface area contributed by atoms with Crippen molar-refractivity contribution in [2.75, 3.05) is 0 Å². The number of ether oxygens (including phenoxy) is 1. The molecule has 1 aliphatic rings. The van der Waals surface area contributed by atoms with E-state index in [0.29, 0.717) is 11.8 Å². The van der Waals surface area contributed by atoms with Crippen LogP contribution < -0.4 is 0 Å². The number of carbonyl (C=O) groups excluding carboxylic acids is 1. The molecule has 0 aromatic rings. The molecule has 0 aromatic heterocycles. The lowest BCUT2D eigenvalue weighted by molar-refractivity contribution is -0.158. The summed E-state index contributed by atoms with van der Waals surface area (Å²) in [5, 5.41) is 0. The van der Waals surface area contributed by atoms with Gasteiger partial charge in [-0.25, -0.2) is 0 Å². The molecule has 1 fully saturated rings. The Hall–Kier alpha value is -0.530. The van der Waals surface area contributed by atoms with Gasteiger partial charge in [0.15, 0.2) is 0 Å². The SMILES string of the molecule is CC(C)CCC(C)C(=O)OC1CCC(C)CC1C. The second-order valence-corrected chi connectivity index (χ2v) is 6.74. The van der Waals surface area contributed by atoms with Gasteiger partial charge in [0.05, 0.1) is 5.92 Å². The molecule has 1 aliphatic carbocycles. The molecule has 4 unspecified atom stereocenters. The number of carbonyl (C=O) groups is 1. The van der Waals surface area contributed by atoms with Crippen molar-refractivity contribution in [3.8, 4) is 0 Å². The lowest BCUT2D eigenvalue weighted by Crippen LogP contribution is -2.32. The number of hydrogen-bond acceptors (Lipinski definition) is 2. The fourth-order valence-electron chi connectivity index (χ4n) is 2.78. The Morgan fingerprint density at radius 3 is 2.39 bits per heavy atom. The molecule has 0 saturated heterocycles. The van der Waals surface area contributed by atoms with Gasteiger partial charge in [-0.1, -0.05) is 41.0 Å². The summed E-state index contributed by atoms with van der Waals surface area (Å²) in [6, 6.07) is 0. The Labute approximate surface area is 112 Å². The number of hydrogen-bond donors (Lipinski definition) is 0. The molecule has 2 nitrogen and oxygen atoms in total. The first-order chi connectivity index (χ1) is 8.40. The average Bonchev–Trinajstić information content (AvgIpc) is 2.29. The van der Waals surface area contributed by atoms with Gasteiger partial charge in [-0.05, 0) is 43.4 Å². The normalized spacial score (nSPS) is 30.2. The summed E-state index contributed by atoms with van der Waals surface area (Å²) < 4.78 is 5.71. The van der Waals surface area contributed by atoms with E-state index in [4.69, 9.17) is 4.74 Å². The van der Waals surface area contributed by atoms with Crippen LogP contribution >= 0.6 is 0 Å². The first-order valence-corrected chi connectivity index (χ1v) is 7.60. The summed E-state index contributed by atoms with van der Waals surface area (Å²) in [5.74, 6) is 2.04. The second-order valence-electron chi connectivity index (χ2n) is 6.74. The maximum atomic E-state index is 12.0. The molecule has 0 bridgehead atoms. The second kappa shape index (κ2) is 7.16. The lowest BCUT2D eigenvalue weighted by atomic mass is 9.81. The van der Waals surface area contributed by atoms with E-state index in [0.717, 1.165) is 25.2 Å². The minimum absolute atomic E-state index is 0.0158. The largest absolute Gasteiger partial charge is 0.462 e. The molecular weight excluding hydrogens is 224 g/mol. The third kappa shape index (κ3) is 4.99. The maximum Gasteiger partial charge on any atom is 0.308 e. The van der Waals surface area contributed by atoms with Crippen LogP contribution in [0.1, 0.15) is 66.7 Å². The zero-order valence-corrected chi connectivity index (χ0v) is 12.7. The monoisotopic (exact) mass is 254 g/mol. The Kier molecular flexibility index (Phi) is 6.17. The van der Waals surface area contributed by atoms with Crippen LogP contribution in [0.15, 0.2) is 0 Å². The van der Waals surface area contributed by atoms with Crippen molar-refractivity contribution in [3.05, 3.63) is 0 Å². The van der Waals surface area contributed by atoms with Gasteiger partial charge in [0.25, 0.3) is 0 Å². The zero-order valence-electron chi connectivity index (χ0n) is 12.7. The van der Waals surface area contributed by atoms with Crippen LogP contribution in [0, 0.1) is 23.7 Å². The van der Waals surface area contributed by atoms with E-state index in [1.165, 1.54) is 12.8 Å². The molecule has 0 heterocycles. The summed E-state index contributed by atoms with van der Waals surface area (Å²) in [7, 11) is 0. The van der Waals surface area contributed by atoms with Crippen LogP contribution in [0.4, 0.5) is 0 Å². The van der Waals surface area contributed by atoms with Crippen LogP contribution in [0.25, 0.3) is 0 Å². The van der Waals surface area contributed by atoms with Gasteiger partial charge in [0.2, 0.25) is 0 Å². The fraction of sp³-hybridized carbons (Fsp3) is 0.938. The molecule has 4 atom stereocenters.